The van der Waals surface area contributed by atoms with E-state index in [4.69, 9.17) is 5.14 Å². The lowest BCUT2D eigenvalue weighted by Crippen LogP contribution is -2.17. The molecule has 2 aromatic rings. The summed E-state index contributed by atoms with van der Waals surface area (Å²) in [6.45, 7) is 1.77. The maximum absolute atomic E-state index is 12.0. The number of aryl methyl sites for hydroxylation is 1. The number of rotatable bonds is 6. The Morgan fingerprint density at radius 3 is 2.78 bits per heavy atom. The molecule has 2 rings (SSSR count). The Morgan fingerprint density at radius 2 is 2.17 bits per heavy atom. The number of carbonyl (C=O) groups excluding carboxylic acids is 1. The number of carbonyl (C=O) groups is 1. The van der Waals surface area contributed by atoms with Crippen molar-refractivity contribution in [2.24, 2.45) is 5.14 Å². The SMILES string of the molecule is CSc1nsc(SCC(=O)Nc2cc(S(N)(=O)=O)ccc2C)n1. The topological polar surface area (TPSA) is 115 Å². The first-order valence-corrected chi connectivity index (χ1v) is 10.8. The Morgan fingerprint density at radius 1 is 1.43 bits per heavy atom. The second kappa shape index (κ2) is 7.62. The van der Waals surface area contributed by atoms with E-state index in [1.54, 1.807) is 13.0 Å². The number of aromatic nitrogens is 2. The molecule has 0 radical (unpaired) electrons. The monoisotopic (exact) mass is 390 g/mol. The van der Waals surface area contributed by atoms with E-state index >= 15 is 0 Å². The van der Waals surface area contributed by atoms with Crippen molar-refractivity contribution in [2.75, 3.05) is 17.3 Å². The summed E-state index contributed by atoms with van der Waals surface area (Å²) in [6.07, 6.45) is 1.88. The minimum atomic E-state index is -3.81. The molecule has 0 saturated heterocycles. The van der Waals surface area contributed by atoms with Crippen LogP contribution in [0.5, 0.6) is 0 Å². The van der Waals surface area contributed by atoms with Crippen molar-refractivity contribution in [3.05, 3.63) is 23.8 Å². The molecule has 1 heterocycles. The molecule has 0 bridgehead atoms. The van der Waals surface area contributed by atoms with Crippen molar-refractivity contribution in [2.45, 2.75) is 21.3 Å². The number of sulfonamides is 1. The molecule has 0 spiro atoms. The van der Waals surface area contributed by atoms with E-state index in [0.717, 1.165) is 5.56 Å². The smallest absolute Gasteiger partial charge is 0.238 e. The van der Waals surface area contributed by atoms with E-state index in [-0.39, 0.29) is 16.6 Å². The molecule has 1 aromatic carbocycles. The predicted octanol–water partition coefficient (Wildman–Crippen LogP) is 1.95. The Bertz CT molecular complexity index is 819. The van der Waals surface area contributed by atoms with Crippen molar-refractivity contribution in [3.63, 3.8) is 0 Å². The first-order chi connectivity index (χ1) is 10.8. The second-order valence-electron chi connectivity index (χ2n) is 4.41. The first kappa shape index (κ1) is 18.2. The molecule has 124 valence electrons. The molecule has 0 aliphatic carbocycles. The summed E-state index contributed by atoms with van der Waals surface area (Å²) in [5, 5.41) is 8.46. The average Bonchev–Trinajstić information content (AvgIpc) is 2.94. The standard InChI is InChI=1S/C12H14N4O3S4/c1-7-3-4-8(23(13,18)19)5-9(7)14-10(17)6-21-12-15-11(20-2)16-22-12/h3-5H,6H2,1-2H3,(H,14,17)(H2,13,18,19). The molecule has 0 unspecified atom stereocenters. The van der Waals surface area contributed by atoms with Crippen LogP contribution < -0.4 is 10.5 Å². The first-order valence-electron chi connectivity index (χ1n) is 6.23. The van der Waals surface area contributed by atoms with Crippen LogP contribution in [0, 0.1) is 6.92 Å². The van der Waals surface area contributed by atoms with Gasteiger partial charge >= 0.3 is 0 Å². The number of hydrogen-bond acceptors (Lipinski definition) is 8. The number of nitrogens with zero attached hydrogens (tertiary/aromatic N) is 2. The van der Waals surface area contributed by atoms with Gasteiger partial charge in [0.25, 0.3) is 0 Å². The van der Waals surface area contributed by atoms with Gasteiger partial charge in [0.15, 0.2) is 4.34 Å². The number of nitrogens with two attached hydrogens (primary N) is 1. The van der Waals surface area contributed by atoms with Gasteiger partial charge < -0.3 is 5.32 Å². The summed E-state index contributed by atoms with van der Waals surface area (Å²) < 4.78 is 27.6. The van der Waals surface area contributed by atoms with Gasteiger partial charge in [0.2, 0.25) is 21.1 Å². The lowest BCUT2D eigenvalue weighted by Gasteiger charge is -2.09. The summed E-state index contributed by atoms with van der Waals surface area (Å²) in [5.74, 6) is -0.104. The Labute approximate surface area is 146 Å². The molecular formula is C12H14N4O3S4. The highest BCUT2D eigenvalue weighted by molar-refractivity contribution is 8.01. The van der Waals surface area contributed by atoms with Crippen LogP contribution >= 0.6 is 35.1 Å². The normalized spacial score (nSPS) is 11.4. The van der Waals surface area contributed by atoms with Crippen molar-refractivity contribution < 1.29 is 13.2 Å². The molecule has 23 heavy (non-hydrogen) atoms. The number of hydrogen-bond donors (Lipinski definition) is 2. The lowest BCUT2D eigenvalue weighted by molar-refractivity contribution is -0.113. The maximum atomic E-state index is 12.0. The number of benzene rings is 1. The molecule has 1 amide bonds. The summed E-state index contributed by atoms with van der Waals surface area (Å²) in [5.41, 5.74) is 1.17. The third kappa shape index (κ3) is 5.18. The summed E-state index contributed by atoms with van der Waals surface area (Å²) in [4.78, 5) is 16.2. The van der Waals surface area contributed by atoms with E-state index in [2.05, 4.69) is 14.7 Å². The van der Waals surface area contributed by atoms with Gasteiger partial charge in [0, 0.05) is 5.69 Å². The predicted molar refractivity (Wildman–Crippen MR) is 93.6 cm³/mol. The van der Waals surface area contributed by atoms with Crippen molar-refractivity contribution >= 4 is 56.7 Å². The quantitative estimate of drug-likeness (QED) is 0.724. The third-order valence-electron chi connectivity index (χ3n) is 2.71. The van der Waals surface area contributed by atoms with E-state index in [1.807, 2.05) is 6.26 Å². The number of thioether (sulfide) groups is 2. The van der Waals surface area contributed by atoms with Gasteiger partial charge in [-0.25, -0.2) is 18.5 Å². The fourth-order valence-corrected chi connectivity index (χ4v) is 4.11. The van der Waals surface area contributed by atoms with Crippen LogP contribution in [0.15, 0.2) is 32.6 Å². The summed E-state index contributed by atoms with van der Waals surface area (Å²) in [6, 6.07) is 4.35. The van der Waals surface area contributed by atoms with Crippen molar-refractivity contribution in [1.29, 1.82) is 0 Å². The number of primary sulfonamides is 1. The fraction of sp³-hybridized carbons (Fsp3) is 0.250. The number of amides is 1. The maximum Gasteiger partial charge on any atom is 0.238 e. The zero-order valence-electron chi connectivity index (χ0n) is 12.3. The van der Waals surface area contributed by atoms with Gasteiger partial charge in [-0.05, 0) is 42.4 Å². The minimum absolute atomic E-state index is 0.0419. The zero-order valence-corrected chi connectivity index (χ0v) is 15.5. The third-order valence-corrected chi connectivity index (χ3v) is 6.12. The van der Waals surface area contributed by atoms with Gasteiger partial charge in [-0.1, -0.05) is 29.6 Å². The van der Waals surface area contributed by atoms with Crippen LogP contribution in [0.1, 0.15) is 5.56 Å². The van der Waals surface area contributed by atoms with Gasteiger partial charge in [-0.2, -0.15) is 4.37 Å². The van der Waals surface area contributed by atoms with E-state index in [9.17, 15) is 13.2 Å². The molecule has 0 aliphatic heterocycles. The van der Waals surface area contributed by atoms with Crippen molar-refractivity contribution in [3.8, 4) is 0 Å². The minimum Gasteiger partial charge on any atom is -0.325 e. The van der Waals surface area contributed by atoms with Gasteiger partial charge in [0.05, 0.1) is 10.6 Å². The van der Waals surface area contributed by atoms with E-state index in [0.29, 0.717) is 15.2 Å². The second-order valence-corrected chi connectivity index (χ2v) is 8.71. The van der Waals surface area contributed by atoms with Gasteiger partial charge in [-0.15, -0.1) is 0 Å². The Kier molecular flexibility index (Phi) is 6.03. The number of anilines is 1. The van der Waals surface area contributed by atoms with Crippen LogP contribution in [0.2, 0.25) is 0 Å². The highest BCUT2D eigenvalue weighted by Gasteiger charge is 2.13. The molecule has 0 fully saturated rings. The average molecular weight is 391 g/mol. The van der Waals surface area contributed by atoms with Crippen LogP contribution in [0.25, 0.3) is 0 Å². The molecule has 0 aliphatic rings. The molecule has 7 nitrogen and oxygen atoms in total. The van der Waals surface area contributed by atoms with Gasteiger partial charge in [0.1, 0.15) is 0 Å². The van der Waals surface area contributed by atoms with E-state index < -0.39 is 10.0 Å². The molecular weight excluding hydrogens is 376 g/mol. The zero-order chi connectivity index (χ0) is 17.0. The molecule has 11 heteroatoms. The van der Waals surface area contributed by atoms with Crippen LogP contribution in [-0.2, 0) is 14.8 Å². The molecule has 0 atom stereocenters. The number of nitrogens with one attached hydrogen (secondary N) is 1. The van der Waals surface area contributed by atoms with Gasteiger partial charge in [-0.3, -0.25) is 4.79 Å². The lowest BCUT2D eigenvalue weighted by atomic mass is 10.2. The largest absolute Gasteiger partial charge is 0.325 e. The van der Waals surface area contributed by atoms with Crippen molar-refractivity contribution in [1.82, 2.24) is 9.36 Å². The van der Waals surface area contributed by atoms with Crippen LogP contribution in [-0.4, -0.2) is 35.7 Å². The van der Waals surface area contributed by atoms with Crippen LogP contribution in [0.3, 0.4) is 0 Å². The Balaban J connectivity index is 2.02. The fourth-order valence-electron chi connectivity index (χ4n) is 1.56. The molecule has 0 saturated carbocycles. The summed E-state index contributed by atoms with van der Waals surface area (Å²) >= 11 is 3.95. The highest BCUT2D eigenvalue weighted by atomic mass is 32.2. The summed E-state index contributed by atoms with van der Waals surface area (Å²) in [7, 11) is -3.81. The molecule has 1 aromatic heterocycles. The molecule has 3 N–H and O–H groups in total. The highest BCUT2D eigenvalue weighted by Crippen LogP contribution is 2.24. The Hall–Kier alpha value is -1.14. The van der Waals surface area contributed by atoms with Crippen LogP contribution in [0.4, 0.5) is 5.69 Å². The van der Waals surface area contributed by atoms with E-state index in [1.165, 1.54) is 47.2 Å².